The van der Waals surface area contributed by atoms with Gasteiger partial charge in [0.1, 0.15) is 23.4 Å². The van der Waals surface area contributed by atoms with Gasteiger partial charge in [-0.05, 0) is 81.5 Å². The van der Waals surface area contributed by atoms with Crippen LogP contribution in [0.15, 0.2) is 88.0 Å². The van der Waals surface area contributed by atoms with Crippen molar-refractivity contribution in [1.29, 1.82) is 5.26 Å². The normalized spacial score (nSPS) is 16.1. The molecule has 1 unspecified atom stereocenters. The van der Waals surface area contributed by atoms with Crippen molar-refractivity contribution in [2.45, 2.75) is 58.1 Å². The molecule has 0 radical (unpaired) electrons. The maximum Gasteiger partial charge on any atom is 0.260 e. The molecule has 224 valence electrons. The van der Waals surface area contributed by atoms with E-state index in [9.17, 15) is 5.26 Å². The van der Waals surface area contributed by atoms with E-state index in [1.54, 1.807) is 19.4 Å². The molecule has 1 aliphatic heterocycles. The molecule has 0 amide bonds. The number of pyridine rings is 2. The molecule has 1 fully saturated rings. The Morgan fingerprint density at radius 1 is 1.16 bits per heavy atom. The summed E-state index contributed by atoms with van der Waals surface area (Å²) in [5, 5.41) is 10.3. The van der Waals surface area contributed by atoms with Crippen molar-refractivity contribution in [1.82, 2.24) is 14.7 Å². The number of nitrogens with zero attached hydrogens (tertiary/aromatic N) is 4. The lowest BCUT2D eigenvalue weighted by atomic mass is 10.1. The summed E-state index contributed by atoms with van der Waals surface area (Å²) in [6.45, 7) is 8.97. The molecule has 0 aliphatic carbocycles. The van der Waals surface area contributed by atoms with Gasteiger partial charge in [-0.2, -0.15) is 5.26 Å². The van der Waals surface area contributed by atoms with Crippen LogP contribution < -0.4 is 14.2 Å². The molecule has 2 aromatic heterocycles. The van der Waals surface area contributed by atoms with E-state index in [1.165, 1.54) is 11.9 Å². The Labute approximate surface area is 257 Å². The van der Waals surface area contributed by atoms with Gasteiger partial charge in [0, 0.05) is 36.5 Å². The van der Waals surface area contributed by atoms with Crippen LogP contribution in [0, 0.1) is 18.3 Å². The van der Waals surface area contributed by atoms with Crippen LogP contribution in [0.1, 0.15) is 56.9 Å². The average molecular weight is 600 g/mol. The molecule has 43 heavy (non-hydrogen) atoms. The molecule has 9 nitrogen and oxygen atoms in total. The molecular formula is C33H37N5O4S. The van der Waals surface area contributed by atoms with Crippen LogP contribution in [-0.4, -0.2) is 42.3 Å². The third-order valence-electron chi connectivity index (χ3n) is 6.73. The Morgan fingerprint density at radius 2 is 1.98 bits per heavy atom. The first-order valence-electron chi connectivity index (χ1n) is 14.2. The number of para-hydroxylation sites is 2. The smallest absolute Gasteiger partial charge is 0.260 e. The molecule has 0 saturated carbocycles. The average Bonchev–Trinajstić information content (AvgIpc) is 3.57. The minimum Gasteiger partial charge on any atom is -0.493 e. The fraction of sp³-hybridized carbons (Fsp3) is 0.333. The Kier molecular flexibility index (Phi) is 11.6. The number of ether oxygens (including phenoxy) is 4. The molecule has 1 aliphatic rings. The summed E-state index contributed by atoms with van der Waals surface area (Å²) >= 11 is 1.36. The topological polar surface area (TPSA) is 111 Å². The van der Waals surface area contributed by atoms with Crippen molar-refractivity contribution in [3.05, 3.63) is 94.8 Å². The van der Waals surface area contributed by atoms with E-state index >= 15 is 0 Å². The second-order valence-corrected chi connectivity index (χ2v) is 10.8. The molecule has 1 N–H and O–H groups in total. The third-order valence-corrected chi connectivity index (χ3v) is 7.59. The maximum absolute atomic E-state index is 9.51. The van der Waals surface area contributed by atoms with Gasteiger partial charge in [0.25, 0.3) is 5.90 Å². The molecule has 1 saturated heterocycles. The number of hydrogen-bond donors (Lipinski definition) is 1. The quantitative estimate of drug-likeness (QED) is 0.102. The second-order valence-electron chi connectivity index (χ2n) is 9.97. The van der Waals surface area contributed by atoms with Crippen molar-refractivity contribution >= 4 is 23.5 Å². The van der Waals surface area contributed by atoms with Gasteiger partial charge in [-0.15, -0.1) is 0 Å². The van der Waals surface area contributed by atoms with Crippen LogP contribution in [0.3, 0.4) is 0 Å². The van der Waals surface area contributed by atoms with E-state index < -0.39 is 0 Å². The zero-order chi connectivity index (χ0) is 30.6. The first kappa shape index (κ1) is 31.6. The highest BCUT2D eigenvalue weighted by Crippen LogP contribution is 2.31. The van der Waals surface area contributed by atoms with E-state index in [1.807, 2.05) is 69.4 Å². The lowest BCUT2D eigenvalue weighted by Gasteiger charge is -2.20. The monoisotopic (exact) mass is 599 g/mol. The van der Waals surface area contributed by atoms with E-state index in [0.717, 1.165) is 41.0 Å². The maximum atomic E-state index is 9.51. The van der Waals surface area contributed by atoms with Crippen LogP contribution in [0.25, 0.3) is 5.70 Å². The number of aromatic nitrogens is 2. The van der Waals surface area contributed by atoms with Crippen molar-refractivity contribution in [2.75, 3.05) is 20.3 Å². The zero-order valence-electron chi connectivity index (χ0n) is 25.2. The summed E-state index contributed by atoms with van der Waals surface area (Å²) in [6.07, 6.45) is 6.00. The number of nitrogens with one attached hydrogen (secondary N) is 1. The van der Waals surface area contributed by atoms with Gasteiger partial charge in [-0.25, -0.2) is 15.0 Å². The largest absolute Gasteiger partial charge is 0.493 e. The second kappa shape index (κ2) is 15.8. The molecule has 0 bridgehead atoms. The van der Waals surface area contributed by atoms with Crippen molar-refractivity contribution in [2.24, 2.45) is 4.99 Å². The number of rotatable bonds is 12. The summed E-state index contributed by atoms with van der Waals surface area (Å²) < 4.78 is 27.8. The van der Waals surface area contributed by atoms with Gasteiger partial charge in [-0.3, -0.25) is 0 Å². The summed E-state index contributed by atoms with van der Waals surface area (Å²) in [5.41, 5.74) is 4.47. The van der Waals surface area contributed by atoms with Crippen molar-refractivity contribution < 1.29 is 18.9 Å². The number of aryl methyl sites for hydroxylation is 1. The Hall–Kier alpha value is -4.33. The van der Waals surface area contributed by atoms with E-state index in [0.29, 0.717) is 47.6 Å². The van der Waals surface area contributed by atoms with E-state index in [2.05, 4.69) is 27.7 Å². The number of hydrogen-bond acceptors (Lipinski definition) is 10. The Morgan fingerprint density at radius 3 is 2.65 bits per heavy atom. The summed E-state index contributed by atoms with van der Waals surface area (Å²) in [6, 6.07) is 17.1. The van der Waals surface area contributed by atoms with Crippen molar-refractivity contribution in [3.8, 4) is 17.6 Å². The third kappa shape index (κ3) is 8.83. The number of benzene rings is 1. The Balaban J connectivity index is 1.83. The highest BCUT2D eigenvalue weighted by atomic mass is 32.2. The Bertz CT molecular complexity index is 1520. The standard InChI is InChI=1S/C33H37N5O4S/c1-6-23(3)31(25-15-16-35-26(18-25)19-34)37-33(41-21-27-10-9-17-40-27)32(42-29-12-8-7-11-28(29)39-5)24(4)38-43-30-14-13-22(2)20-36-30/h7-8,11-16,18,20,27,38H,6,9-10,17,21H2,1-5H3/b31-23+,32-24-,37-33-. The van der Waals surface area contributed by atoms with Gasteiger partial charge < -0.3 is 23.7 Å². The number of methoxy groups -OCH3 is 1. The first-order chi connectivity index (χ1) is 20.9. The molecule has 1 aromatic carbocycles. The molecule has 3 heterocycles. The number of aliphatic imine (C=N–C) groups is 1. The molecule has 1 atom stereocenters. The minimum atomic E-state index is -0.0528. The summed E-state index contributed by atoms with van der Waals surface area (Å²) in [7, 11) is 1.60. The fourth-order valence-corrected chi connectivity index (χ4v) is 4.79. The van der Waals surface area contributed by atoms with Gasteiger partial charge in [-0.1, -0.05) is 25.1 Å². The number of allylic oxidation sites excluding steroid dienone is 2. The molecule has 10 heteroatoms. The van der Waals surface area contributed by atoms with Crippen LogP contribution in [0.5, 0.6) is 11.5 Å². The highest BCUT2D eigenvalue weighted by molar-refractivity contribution is 7.97. The number of nitriles is 1. The summed E-state index contributed by atoms with van der Waals surface area (Å²) in [5.74, 6) is 1.70. The lowest BCUT2D eigenvalue weighted by Crippen LogP contribution is -2.24. The predicted octanol–water partition coefficient (Wildman–Crippen LogP) is 7.01. The van der Waals surface area contributed by atoms with Crippen LogP contribution in [-0.2, 0) is 9.47 Å². The highest BCUT2D eigenvalue weighted by Gasteiger charge is 2.24. The SMILES string of the molecule is CC/C(C)=C(/N=C(OCC1CCCO1)/C(Oc1ccccc1OC)=C(\C)NSc1ccc(C)cn1)c1ccnc(C#N)c1. The van der Waals surface area contributed by atoms with Crippen molar-refractivity contribution in [3.63, 3.8) is 0 Å². The van der Waals surface area contributed by atoms with Crippen LogP contribution >= 0.6 is 11.9 Å². The van der Waals surface area contributed by atoms with Crippen LogP contribution in [0.2, 0.25) is 0 Å². The first-order valence-corrected chi connectivity index (χ1v) is 15.0. The van der Waals surface area contributed by atoms with E-state index in [-0.39, 0.29) is 12.0 Å². The van der Waals surface area contributed by atoms with Gasteiger partial charge in [0.05, 0.1) is 24.6 Å². The molecule has 0 spiro atoms. The fourth-order valence-electron chi connectivity index (χ4n) is 4.19. The predicted molar refractivity (Wildman–Crippen MR) is 168 cm³/mol. The molecule has 4 rings (SSSR count). The van der Waals surface area contributed by atoms with Crippen LogP contribution in [0.4, 0.5) is 0 Å². The van der Waals surface area contributed by atoms with E-state index in [4.69, 9.17) is 23.9 Å². The lowest BCUT2D eigenvalue weighted by molar-refractivity contribution is 0.0629. The van der Waals surface area contributed by atoms with Gasteiger partial charge >= 0.3 is 0 Å². The molecule has 3 aromatic rings. The minimum absolute atomic E-state index is 0.0528. The van der Waals surface area contributed by atoms with Gasteiger partial charge in [0.15, 0.2) is 11.5 Å². The molecular weight excluding hydrogens is 562 g/mol. The summed E-state index contributed by atoms with van der Waals surface area (Å²) in [4.78, 5) is 13.7. The zero-order valence-corrected chi connectivity index (χ0v) is 26.0. The van der Waals surface area contributed by atoms with Gasteiger partial charge in [0.2, 0.25) is 5.76 Å².